The zero-order chi connectivity index (χ0) is 15.0. The molecule has 0 aliphatic heterocycles. The van der Waals surface area contributed by atoms with E-state index in [9.17, 15) is 13.2 Å². The van der Waals surface area contributed by atoms with Gasteiger partial charge in [0.2, 0.25) is 5.96 Å². The molecule has 0 aromatic heterocycles. The van der Waals surface area contributed by atoms with Crippen LogP contribution in [0.5, 0.6) is 0 Å². The minimum atomic E-state index is -1.08. The van der Waals surface area contributed by atoms with Crippen molar-refractivity contribution in [2.45, 2.75) is 6.92 Å². The van der Waals surface area contributed by atoms with Crippen LogP contribution in [0.2, 0.25) is 0 Å². The number of nitrogens with zero attached hydrogens (tertiary/aromatic N) is 1. The van der Waals surface area contributed by atoms with E-state index < -0.39 is 34.9 Å². The van der Waals surface area contributed by atoms with Gasteiger partial charge in [0, 0.05) is 19.1 Å². The Labute approximate surface area is 106 Å². The maximum Gasteiger partial charge on any atom is 0.300 e. The number of carboxylic acid groups (broad SMARTS) is 1. The van der Waals surface area contributed by atoms with Crippen molar-refractivity contribution in [1.82, 2.24) is 5.43 Å². The van der Waals surface area contributed by atoms with E-state index in [1.807, 2.05) is 5.43 Å². The molecule has 0 spiro atoms. The zero-order valence-electron chi connectivity index (χ0n) is 9.75. The highest BCUT2D eigenvalue weighted by molar-refractivity contribution is 5.82. The van der Waals surface area contributed by atoms with Crippen LogP contribution in [0, 0.1) is 22.9 Å². The van der Waals surface area contributed by atoms with E-state index in [0.717, 1.165) is 13.1 Å². The number of carboxylic acids is 1. The fraction of sp³-hybridized carbons (Fsp3) is 0.100. The molecule has 0 aliphatic carbocycles. The summed E-state index contributed by atoms with van der Waals surface area (Å²) >= 11 is 0. The Morgan fingerprint density at radius 2 is 1.84 bits per heavy atom. The lowest BCUT2D eigenvalue weighted by molar-refractivity contribution is -0.134. The van der Waals surface area contributed by atoms with Gasteiger partial charge in [0.1, 0.15) is 17.5 Å². The van der Waals surface area contributed by atoms with E-state index in [1.54, 1.807) is 0 Å². The fourth-order valence-corrected chi connectivity index (χ4v) is 0.843. The van der Waals surface area contributed by atoms with Crippen molar-refractivity contribution >= 4 is 18.1 Å². The Hall–Kier alpha value is -2.58. The summed E-state index contributed by atoms with van der Waals surface area (Å²) in [5, 5.41) is 17.4. The van der Waals surface area contributed by atoms with Gasteiger partial charge in [-0.15, -0.1) is 0 Å². The molecule has 0 radical (unpaired) electrons. The minimum absolute atomic E-state index is 0.478. The largest absolute Gasteiger partial charge is 0.481 e. The average molecular weight is 276 g/mol. The smallest absolute Gasteiger partial charge is 0.300 e. The molecule has 9 heteroatoms. The third kappa shape index (κ3) is 7.36. The molecule has 104 valence electrons. The van der Waals surface area contributed by atoms with E-state index in [0.29, 0.717) is 12.1 Å². The van der Waals surface area contributed by atoms with Gasteiger partial charge < -0.3 is 10.8 Å². The molecule has 0 fully saturated rings. The number of aliphatic carboxylic acids is 1. The van der Waals surface area contributed by atoms with Crippen LogP contribution in [0.25, 0.3) is 0 Å². The van der Waals surface area contributed by atoms with E-state index in [1.165, 1.54) is 0 Å². The van der Waals surface area contributed by atoms with Crippen molar-refractivity contribution in [2.75, 3.05) is 0 Å². The molecule has 0 amide bonds. The van der Waals surface area contributed by atoms with Crippen LogP contribution in [-0.2, 0) is 4.79 Å². The minimum Gasteiger partial charge on any atom is -0.481 e. The van der Waals surface area contributed by atoms with Crippen LogP contribution in [0.3, 0.4) is 0 Å². The monoisotopic (exact) mass is 276 g/mol. The average Bonchev–Trinajstić information content (AvgIpc) is 2.20. The number of benzene rings is 1. The van der Waals surface area contributed by atoms with Crippen LogP contribution in [0.15, 0.2) is 17.2 Å². The molecule has 0 unspecified atom stereocenters. The Bertz CT molecular complexity index is 479. The second-order valence-electron chi connectivity index (χ2n) is 3.09. The number of nitrogens with two attached hydrogens (primary N) is 1. The molecule has 0 saturated carbocycles. The molecular weight excluding hydrogens is 265 g/mol. The quantitative estimate of drug-likeness (QED) is 0.367. The third-order valence-electron chi connectivity index (χ3n) is 1.42. The van der Waals surface area contributed by atoms with Gasteiger partial charge in [0.05, 0.1) is 11.8 Å². The summed E-state index contributed by atoms with van der Waals surface area (Å²) in [6, 6.07) is 1.05. The summed E-state index contributed by atoms with van der Waals surface area (Å²) in [6.07, 6.45) is 0.769. The summed E-state index contributed by atoms with van der Waals surface area (Å²) in [5.74, 6) is -4.49. The summed E-state index contributed by atoms with van der Waals surface area (Å²) in [5.41, 5.74) is 6.33. The predicted molar refractivity (Wildman–Crippen MR) is 62.3 cm³/mol. The van der Waals surface area contributed by atoms with Crippen LogP contribution in [0.1, 0.15) is 12.5 Å². The first-order chi connectivity index (χ1) is 8.73. The molecule has 0 heterocycles. The highest BCUT2D eigenvalue weighted by Gasteiger charge is 2.08. The second kappa shape index (κ2) is 7.69. The lowest BCUT2D eigenvalue weighted by Gasteiger charge is -1.99. The maximum atomic E-state index is 13.0. The summed E-state index contributed by atoms with van der Waals surface area (Å²) < 4.78 is 38.4. The van der Waals surface area contributed by atoms with Gasteiger partial charge in [-0.05, 0) is 0 Å². The van der Waals surface area contributed by atoms with Crippen molar-refractivity contribution in [3.05, 3.63) is 35.1 Å². The van der Waals surface area contributed by atoms with Crippen LogP contribution < -0.4 is 11.2 Å². The van der Waals surface area contributed by atoms with E-state index >= 15 is 0 Å². The summed E-state index contributed by atoms with van der Waals surface area (Å²) in [7, 11) is 0. The number of hydrogen-bond acceptors (Lipinski definition) is 3. The number of hydrogen-bond donors (Lipinski definition) is 4. The zero-order valence-corrected chi connectivity index (χ0v) is 9.75. The van der Waals surface area contributed by atoms with Gasteiger partial charge >= 0.3 is 0 Å². The number of nitrogens with one attached hydrogen (secondary N) is 2. The van der Waals surface area contributed by atoms with Gasteiger partial charge in [-0.1, -0.05) is 0 Å². The van der Waals surface area contributed by atoms with E-state index in [2.05, 4.69) is 5.10 Å². The molecule has 6 nitrogen and oxygen atoms in total. The molecule has 0 bridgehead atoms. The van der Waals surface area contributed by atoms with Gasteiger partial charge in [-0.2, -0.15) is 5.10 Å². The first-order valence-corrected chi connectivity index (χ1v) is 4.71. The van der Waals surface area contributed by atoms with Crippen molar-refractivity contribution in [3.8, 4) is 0 Å². The Kier molecular flexibility index (Phi) is 6.65. The van der Waals surface area contributed by atoms with Gasteiger partial charge in [-0.3, -0.25) is 10.2 Å². The number of guanidine groups is 1. The molecule has 1 rings (SSSR count). The molecule has 19 heavy (non-hydrogen) atoms. The molecular formula is C10H11F3N4O2. The standard InChI is InChI=1S/C8H7F3N4.C2H4O2/c9-4-1-6(10)5(7(11)2-4)3-14-15-8(12)13;1-2(3)4/h1-3H,(H4,12,13,15);1H3,(H,3,4). The predicted octanol–water partition coefficient (Wildman–Crippen LogP) is 1.01. The lowest BCUT2D eigenvalue weighted by atomic mass is 10.2. The molecule has 0 aliphatic rings. The SMILES string of the molecule is CC(=O)O.N=C(N)NN=Cc1c(F)cc(F)cc1F. The number of carbonyl (C=O) groups is 1. The Balaban J connectivity index is 0.000000711. The van der Waals surface area contributed by atoms with Gasteiger partial charge in [0.15, 0.2) is 0 Å². The topological polar surface area (TPSA) is 112 Å². The molecule has 5 N–H and O–H groups in total. The van der Waals surface area contributed by atoms with Crippen LogP contribution in [-0.4, -0.2) is 23.2 Å². The van der Waals surface area contributed by atoms with Crippen molar-refractivity contribution in [1.29, 1.82) is 5.41 Å². The highest BCUT2D eigenvalue weighted by atomic mass is 19.1. The second-order valence-corrected chi connectivity index (χ2v) is 3.09. The fourth-order valence-electron chi connectivity index (χ4n) is 0.843. The molecule has 1 aromatic carbocycles. The Morgan fingerprint density at radius 3 is 2.21 bits per heavy atom. The van der Waals surface area contributed by atoms with Crippen LogP contribution in [0.4, 0.5) is 13.2 Å². The highest BCUT2D eigenvalue weighted by Crippen LogP contribution is 2.12. The van der Waals surface area contributed by atoms with Crippen molar-refractivity contribution in [2.24, 2.45) is 10.8 Å². The van der Waals surface area contributed by atoms with Crippen molar-refractivity contribution < 1.29 is 23.1 Å². The third-order valence-corrected chi connectivity index (χ3v) is 1.42. The first-order valence-electron chi connectivity index (χ1n) is 4.71. The van der Waals surface area contributed by atoms with E-state index in [4.69, 9.17) is 21.0 Å². The van der Waals surface area contributed by atoms with Crippen LogP contribution >= 0.6 is 0 Å². The van der Waals surface area contributed by atoms with Gasteiger partial charge in [-0.25, -0.2) is 18.6 Å². The number of halogens is 3. The lowest BCUT2D eigenvalue weighted by Crippen LogP contribution is -2.25. The van der Waals surface area contributed by atoms with Gasteiger partial charge in [0.25, 0.3) is 5.97 Å². The van der Waals surface area contributed by atoms with E-state index in [-0.39, 0.29) is 0 Å². The number of rotatable bonds is 2. The first kappa shape index (κ1) is 16.4. The summed E-state index contributed by atoms with van der Waals surface area (Å²) in [4.78, 5) is 9.00. The normalized spacial score (nSPS) is 9.68. The summed E-state index contributed by atoms with van der Waals surface area (Å²) in [6.45, 7) is 1.08. The maximum absolute atomic E-state index is 13.0. The molecule has 0 atom stereocenters. The Morgan fingerprint density at radius 1 is 1.42 bits per heavy atom. The van der Waals surface area contributed by atoms with Crippen molar-refractivity contribution in [3.63, 3.8) is 0 Å². The molecule has 0 saturated heterocycles. The number of hydrazone groups is 1. The molecule has 1 aromatic rings.